The van der Waals surface area contributed by atoms with Gasteiger partial charge in [0.15, 0.2) is 0 Å². The predicted octanol–water partition coefficient (Wildman–Crippen LogP) is 2.02. The van der Waals surface area contributed by atoms with Crippen LogP contribution in [-0.2, 0) is 10.4 Å². The van der Waals surface area contributed by atoms with Crippen LogP contribution in [0.15, 0.2) is 48.5 Å². The van der Waals surface area contributed by atoms with Crippen molar-refractivity contribution in [3.63, 3.8) is 0 Å². The summed E-state index contributed by atoms with van der Waals surface area (Å²) in [4.78, 5) is 11.8. The molecule has 0 amide bonds. The lowest BCUT2D eigenvalue weighted by Gasteiger charge is -2.27. The van der Waals surface area contributed by atoms with Crippen LogP contribution in [0.25, 0.3) is 0 Å². The molecule has 2 N–H and O–H groups in total. The minimum atomic E-state index is -2.26. The highest BCUT2D eigenvalue weighted by atomic mass is 16.5. The first-order chi connectivity index (χ1) is 10.1. The summed E-state index contributed by atoms with van der Waals surface area (Å²) in [5.74, 6) is -0.835. The molecule has 0 unspecified atom stereocenters. The van der Waals surface area contributed by atoms with Crippen molar-refractivity contribution in [3.05, 3.63) is 59.7 Å². The van der Waals surface area contributed by atoms with Crippen LogP contribution in [0.1, 0.15) is 11.1 Å². The number of rotatable bonds is 5. The van der Waals surface area contributed by atoms with Crippen LogP contribution in [0.3, 0.4) is 0 Å². The second-order valence-corrected chi connectivity index (χ2v) is 4.42. The van der Waals surface area contributed by atoms with Gasteiger partial charge in [-0.25, -0.2) is 4.79 Å². The van der Waals surface area contributed by atoms with Crippen LogP contribution < -0.4 is 9.47 Å². The predicted molar refractivity (Wildman–Crippen MR) is 76.6 cm³/mol. The van der Waals surface area contributed by atoms with E-state index in [9.17, 15) is 15.0 Å². The summed E-state index contributed by atoms with van der Waals surface area (Å²) in [6.45, 7) is 0. The maximum atomic E-state index is 11.8. The molecule has 0 fully saturated rings. The Labute approximate surface area is 122 Å². The molecule has 0 saturated carbocycles. The minimum absolute atomic E-state index is 0.143. The van der Waals surface area contributed by atoms with Gasteiger partial charge in [-0.1, -0.05) is 36.4 Å². The molecule has 2 rings (SSSR count). The Morgan fingerprint density at radius 1 is 0.905 bits per heavy atom. The summed E-state index contributed by atoms with van der Waals surface area (Å²) < 4.78 is 10.3. The van der Waals surface area contributed by atoms with Crippen molar-refractivity contribution >= 4 is 5.97 Å². The van der Waals surface area contributed by atoms with E-state index in [1.54, 1.807) is 36.4 Å². The molecule has 2 aromatic rings. The zero-order valence-corrected chi connectivity index (χ0v) is 11.7. The standard InChI is InChI=1S/C16H16O5/c1-20-13-9-5-3-7-11(13)16(19,15(17)18)12-8-4-6-10-14(12)21-2/h3-10,19H,1-2H3,(H,17,18). The van der Waals surface area contributed by atoms with Crippen molar-refractivity contribution in [2.24, 2.45) is 0 Å². The number of carbonyl (C=O) groups is 1. The van der Waals surface area contributed by atoms with Crippen LogP contribution in [0, 0.1) is 0 Å². The number of ether oxygens (including phenoxy) is 2. The molecule has 21 heavy (non-hydrogen) atoms. The van der Waals surface area contributed by atoms with Crippen molar-refractivity contribution in [1.82, 2.24) is 0 Å². The van der Waals surface area contributed by atoms with E-state index < -0.39 is 11.6 Å². The fourth-order valence-electron chi connectivity index (χ4n) is 2.26. The van der Waals surface area contributed by atoms with Gasteiger partial charge in [0.25, 0.3) is 0 Å². The van der Waals surface area contributed by atoms with Crippen molar-refractivity contribution in [1.29, 1.82) is 0 Å². The summed E-state index contributed by atoms with van der Waals surface area (Å²) in [5.41, 5.74) is -1.98. The van der Waals surface area contributed by atoms with Gasteiger partial charge in [-0.2, -0.15) is 0 Å². The number of methoxy groups -OCH3 is 2. The van der Waals surface area contributed by atoms with Gasteiger partial charge in [-0.15, -0.1) is 0 Å². The zero-order valence-electron chi connectivity index (χ0n) is 11.7. The Kier molecular flexibility index (Phi) is 4.14. The van der Waals surface area contributed by atoms with E-state index in [0.29, 0.717) is 0 Å². The lowest BCUT2D eigenvalue weighted by Crippen LogP contribution is -2.37. The summed E-state index contributed by atoms with van der Waals surface area (Å²) in [7, 11) is 2.84. The van der Waals surface area contributed by atoms with Gasteiger partial charge >= 0.3 is 5.97 Å². The van der Waals surface area contributed by atoms with Crippen LogP contribution >= 0.6 is 0 Å². The molecule has 5 heteroatoms. The molecule has 0 spiro atoms. The molecule has 0 aliphatic carbocycles. The largest absolute Gasteiger partial charge is 0.496 e. The molecule has 0 saturated heterocycles. The van der Waals surface area contributed by atoms with Crippen molar-refractivity contribution in [3.8, 4) is 11.5 Å². The molecule has 0 aliphatic rings. The quantitative estimate of drug-likeness (QED) is 0.880. The summed E-state index contributed by atoms with van der Waals surface area (Å²) >= 11 is 0. The van der Waals surface area contributed by atoms with Gasteiger partial charge in [-0.3, -0.25) is 0 Å². The molecule has 0 radical (unpaired) electrons. The Hall–Kier alpha value is -2.53. The van der Waals surface area contributed by atoms with Crippen LogP contribution in [0.4, 0.5) is 0 Å². The first-order valence-electron chi connectivity index (χ1n) is 6.28. The number of carboxylic acid groups (broad SMARTS) is 1. The SMILES string of the molecule is COc1ccccc1C(O)(C(=O)O)c1ccccc1OC. The van der Waals surface area contributed by atoms with E-state index in [0.717, 1.165) is 0 Å². The number of benzene rings is 2. The number of hydrogen-bond donors (Lipinski definition) is 2. The molecule has 2 aromatic carbocycles. The van der Waals surface area contributed by atoms with Gasteiger partial charge in [-0.05, 0) is 12.1 Å². The highest BCUT2D eigenvalue weighted by molar-refractivity contribution is 5.85. The normalized spacial score (nSPS) is 11.0. The number of hydrogen-bond acceptors (Lipinski definition) is 4. The number of aliphatic carboxylic acids is 1. The van der Waals surface area contributed by atoms with Crippen molar-refractivity contribution < 1.29 is 24.5 Å². The highest BCUT2D eigenvalue weighted by Crippen LogP contribution is 2.39. The Morgan fingerprint density at radius 2 is 1.29 bits per heavy atom. The summed E-state index contributed by atoms with van der Waals surface area (Å²) in [5, 5.41) is 20.5. The second-order valence-electron chi connectivity index (χ2n) is 4.42. The zero-order chi connectivity index (χ0) is 15.5. The third-order valence-electron chi connectivity index (χ3n) is 3.30. The third-order valence-corrected chi connectivity index (χ3v) is 3.30. The monoisotopic (exact) mass is 288 g/mol. The first kappa shape index (κ1) is 14.9. The molecule has 0 aromatic heterocycles. The van der Waals surface area contributed by atoms with E-state index >= 15 is 0 Å². The van der Waals surface area contributed by atoms with Crippen LogP contribution in [0.2, 0.25) is 0 Å². The Bertz CT molecular complexity index is 603. The summed E-state index contributed by atoms with van der Waals surface area (Å²) in [6, 6.07) is 12.9. The maximum absolute atomic E-state index is 11.8. The van der Waals surface area contributed by atoms with Gasteiger partial charge in [0.05, 0.1) is 14.2 Å². The molecular formula is C16H16O5. The molecule has 0 atom stereocenters. The molecule has 110 valence electrons. The minimum Gasteiger partial charge on any atom is -0.496 e. The van der Waals surface area contributed by atoms with Crippen molar-refractivity contribution in [2.75, 3.05) is 14.2 Å². The fraction of sp³-hybridized carbons (Fsp3) is 0.188. The molecule has 5 nitrogen and oxygen atoms in total. The number of aliphatic hydroxyl groups is 1. The molecule has 0 bridgehead atoms. The second kappa shape index (κ2) is 5.85. The van der Waals surface area contributed by atoms with E-state index in [4.69, 9.17) is 9.47 Å². The highest BCUT2D eigenvalue weighted by Gasteiger charge is 2.44. The lowest BCUT2D eigenvalue weighted by atomic mass is 9.85. The molecular weight excluding hydrogens is 272 g/mol. The average Bonchev–Trinajstić information content (AvgIpc) is 2.53. The van der Waals surface area contributed by atoms with E-state index in [2.05, 4.69) is 0 Å². The van der Waals surface area contributed by atoms with E-state index in [-0.39, 0.29) is 22.6 Å². The van der Waals surface area contributed by atoms with Crippen LogP contribution in [0.5, 0.6) is 11.5 Å². The fourth-order valence-corrected chi connectivity index (χ4v) is 2.26. The van der Waals surface area contributed by atoms with Gasteiger partial charge in [0.1, 0.15) is 11.5 Å². The number of para-hydroxylation sites is 2. The average molecular weight is 288 g/mol. The topological polar surface area (TPSA) is 76.0 Å². The Morgan fingerprint density at radius 3 is 1.62 bits per heavy atom. The summed E-state index contributed by atoms with van der Waals surface area (Å²) in [6.07, 6.45) is 0. The smallest absolute Gasteiger partial charge is 0.345 e. The maximum Gasteiger partial charge on any atom is 0.345 e. The van der Waals surface area contributed by atoms with Gasteiger partial charge < -0.3 is 19.7 Å². The van der Waals surface area contributed by atoms with Gasteiger partial charge in [0.2, 0.25) is 5.60 Å². The number of carboxylic acids is 1. The molecule has 0 aliphatic heterocycles. The first-order valence-corrected chi connectivity index (χ1v) is 6.28. The van der Waals surface area contributed by atoms with E-state index in [1.807, 2.05) is 0 Å². The van der Waals surface area contributed by atoms with E-state index in [1.165, 1.54) is 26.4 Å². The lowest BCUT2D eigenvalue weighted by molar-refractivity contribution is -0.155. The Balaban J connectivity index is 2.74. The molecule has 0 heterocycles. The van der Waals surface area contributed by atoms with Gasteiger partial charge in [0, 0.05) is 11.1 Å². The van der Waals surface area contributed by atoms with Crippen molar-refractivity contribution in [2.45, 2.75) is 5.60 Å². The third kappa shape index (κ3) is 2.43. The van der Waals surface area contributed by atoms with Crippen LogP contribution in [-0.4, -0.2) is 30.4 Å².